The molecule has 1 saturated carbocycles. The maximum absolute atomic E-state index is 13.6. The number of hydrogen-bond donors (Lipinski definition) is 1. The second kappa shape index (κ2) is 10.3. The monoisotopic (exact) mass is 463 g/mol. The van der Waals surface area contributed by atoms with Gasteiger partial charge >= 0.3 is 0 Å². The van der Waals surface area contributed by atoms with Crippen molar-refractivity contribution in [3.63, 3.8) is 0 Å². The van der Waals surface area contributed by atoms with Gasteiger partial charge in [-0.2, -0.15) is 4.31 Å². The van der Waals surface area contributed by atoms with Gasteiger partial charge in [0.15, 0.2) is 0 Å². The minimum Gasteiger partial charge on any atom is -0.351 e. The fourth-order valence-corrected chi connectivity index (χ4v) is 5.52. The lowest BCUT2D eigenvalue weighted by atomic mass is 9.92. The first kappa shape index (κ1) is 24.7. The molecular weight excluding hydrogens is 426 g/mol. The van der Waals surface area contributed by atoms with Crippen molar-refractivity contribution in [2.24, 2.45) is 0 Å². The molecule has 0 bridgehead atoms. The lowest BCUT2D eigenvalue weighted by molar-refractivity contribution is -0.154. The highest BCUT2D eigenvalue weighted by Gasteiger charge is 2.49. The van der Waals surface area contributed by atoms with E-state index in [1.807, 2.05) is 24.3 Å². The molecule has 0 radical (unpaired) electrons. The van der Waals surface area contributed by atoms with Crippen LogP contribution in [0.25, 0.3) is 0 Å². The largest absolute Gasteiger partial charge is 0.351 e. The molecule has 0 aromatic heterocycles. The molecule has 3 rings (SSSR count). The summed E-state index contributed by atoms with van der Waals surface area (Å²) in [6, 6.07) is 8.07. The van der Waals surface area contributed by atoms with Crippen LogP contribution in [-0.2, 0) is 32.6 Å². The van der Waals surface area contributed by atoms with Crippen LogP contribution < -0.4 is 5.32 Å². The van der Waals surface area contributed by atoms with E-state index in [-0.39, 0.29) is 37.5 Å². The Labute approximate surface area is 192 Å². The predicted molar refractivity (Wildman–Crippen MR) is 125 cm³/mol. The Hall–Kier alpha value is -1.93. The Kier molecular flexibility index (Phi) is 7.98. The highest BCUT2D eigenvalue weighted by atomic mass is 32.2. The van der Waals surface area contributed by atoms with Crippen LogP contribution >= 0.6 is 0 Å². The minimum absolute atomic E-state index is 0.0385. The molecule has 2 amide bonds. The molecule has 0 unspecified atom stereocenters. The molecule has 1 aromatic rings. The molecular formula is C24H37N3O4S. The predicted octanol–water partition coefficient (Wildman–Crippen LogP) is 2.84. The van der Waals surface area contributed by atoms with E-state index in [1.165, 1.54) is 24.8 Å². The van der Waals surface area contributed by atoms with Crippen molar-refractivity contribution >= 4 is 21.8 Å². The Morgan fingerprint density at radius 1 is 1.06 bits per heavy atom. The van der Waals surface area contributed by atoms with Crippen molar-refractivity contribution in [2.45, 2.75) is 83.3 Å². The summed E-state index contributed by atoms with van der Waals surface area (Å²) >= 11 is 0. The van der Waals surface area contributed by atoms with E-state index in [0.717, 1.165) is 48.2 Å². The Morgan fingerprint density at radius 2 is 1.62 bits per heavy atom. The topological polar surface area (TPSA) is 86.8 Å². The first-order valence-corrected chi connectivity index (χ1v) is 13.6. The van der Waals surface area contributed by atoms with Gasteiger partial charge < -0.3 is 10.2 Å². The number of nitrogens with zero attached hydrogens (tertiary/aromatic N) is 2. The van der Waals surface area contributed by atoms with Crippen LogP contribution in [0.2, 0.25) is 0 Å². The molecule has 1 aromatic carbocycles. The Morgan fingerprint density at radius 3 is 2.19 bits per heavy atom. The van der Waals surface area contributed by atoms with Crippen LogP contribution in [-0.4, -0.2) is 60.4 Å². The number of benzene rings is 1. The quantitative estimate of drug-likeness (QED) is 0.703. The molecule has 2 fully saturated rings. The summed E-state index contributed by atoms with van der Waals surface area (Å²) in [6.45, 7) is 3.77. The lowest BCUT2D eigenvalue weighted by Gasteiger charge is -2.47. The zero-order valence-electron chi connectivity index (χ0n) is 19.6. The molecule has 1 aliphatic heterocycles. The Bertz CT molecular complexity index is 908. The number of sulfonamides is 1. The minimum atomic E-state index is -3.61. The zero-order chi connectivity index (χ0) is 23.4. The molecule has 178 valence electrons. The zero-order valence-corrected chi connectivity index (χ0v) is 20.4. The number of hydrogen-bond acceptors (Lipinski definition) is 4. The Balaban J connectivity index is 1.86. The van der Waals surface area contributed by atoms with E-state index in [9.17, 15) is 18.0 Å². The molecule has 32 heavy (non-hydrogen) atoms. The summed E-state index contributed by atoms with van der Waals surface area (Å²) in [6.07, 6.45) is 9.58. The van der Waals surface area contributed by atoms with Gasteiger partial charge in [-0.1, -0.05) is 63.3 Å². The first-order valence-electron chi connectivity index (χ1n) is 11.8. The second-order valence-electron chi connectivity index (χ2n) is 9.47. The molecule has 1 N–H and O–H groups in total. The van der Waals surface area contributed by atoms with Gasteiger partial charge in [-0.25, -0.2) is 8.42 Å². The SMILES string of the molecule is CCc1ccc(CN2C(=O)CN(S(C)(=O)=O)C[C@@]2(C)C(=O)NC2CCCCCCC2)cc1. The maximum Gasteiger partial charge on any atom is 0.247 e. The summed E-state index contributed by atoms with van der Waals surface area (Å²) in [5.74, 6) is -0.619. The fraction of sp³-hybridized carbons (Fsp3) is 0.667. The smallest absolute Gasteiger partial charge is 0.247 e. The van der Waals surface area contributed by atoms with Crippen molar-refractivity contribution in [1.29, 1.82) is 0 Å². The highest BCUT2D eigenvalue weighted by Crippen LogP contribution is 2.28. The number of carbonyl (C=O) groups is 2. The van der Waals surface area contributed by atoms with E-state index < -0.39 is 15.6 Å². The number of nitrogens with one attached hydrogen (secondary N) is 1. The summed E-state index contributed by atoms with van der Waals surface area (Å²) in [5.41, 5.74) is 0.851. The molecule has 1 heterocycles. The van der Waals surface area contributed by atoms with E-state index in [1.54, 1.807) is 11.8 Å². The van der Waals surface area contributed by atoms with Crippen LogP contribution in [0.15, 0.2) is 24.3 Å². The number of aryl methyl sites for hydroxylation is 1. The number of rotatable bonds is 6. The first-order chi connectivity index (χ1) is 15.1. The lowest BCUT2D eigenvalue weighted by Crippen LogP contribution is -2.69. The molecule has 7 nitrogen and oxygen atoms in total. The van der Waals surface area contributed by atoms with Gasteiger partial charge in [0, 0.05) is 19.1 Å². The molecule has 2 aliphatic rings. The average Bonchev–Trinajstić information content (AvgIpc) is 2.72. The summed E-state index contributed by atoms with van der Waals surface area (Å²) in [5, 5.41) is 3.17. The van der Waals surface area contributed by atoms with Gasteiger partial charge in [0.2, 0.25) is 21.8 Å². The summed E-state index contributed by atoms with van der Waals surface area (Å²) < 4.78 is 25.7. The molecule has 1 aliphatic carbocycles. The third-order valence-corrected chi connectivity index (χ3v) is 8.06. The molecule has 1 atom stereocenters. The van der Waals surface area contributed by atoms with Crippen LogP contribution in [0.1, 0.15) is 69.9 Å². The normalized spacial score (nSPS) is 24.1. The standard InChI is InChI=1S/C24H37N3O4S/c1-4-19-12-14-20(15-13-19)16-27-22(28)17-26(32(3,30)31)18-24(27,2)23(29)25-21-10-8-6-5-7-9-11-21/h12-15,21H,4-11,16-18H2,1-3H3,(H,25,29)/t24-/m0/s1. The maximum atomic E-state index is 13.6. The van der Waals surface area contributed by atoms with Crippen molar-refractivity contribution in [3.05, 3.63) is 35.4 Å². The van der Waals surface area contributed by atoms with Gasteiger partial charge in [0.1, 0.15) is 5.54 Å². The number of piperazine rings is 1. The average molecular weight is 464 g/mol. The number of carbonyl (C=O) groups excluding carboxylic acids is 2. The van der Waals surface area contributed by atoms with Crippen LogP contribution in [0, 0.1) is 0 Å². The van der Waals surface area contributed by atoms with Gasteiger partial charge in [-0.05, 0) is 37.3 Å². The van der Waals surface area contributed by atoms with Crippen molar-refractivity contribution in [1.82, 2.24) is 14.5 Å². The van der Waals surface area contributed by atoms with Crippen molar-refractivity contribution in [2.75, 3.05) is 19.3 Å². The highest BCUT2D eigenvalue weighted by molar-refractivity contribution is 7.88. The molecule has 1 saturated heterocycles. The fourth-order valence-electron chi connectivity index (χ4n) is 4.69. The van der Waals surface area contributed by atoms with Crippen LogP contribution in [0.5, 0.6) is 0 Å². The number of amides is 2. The second-order valence-corrected chi connectivity index (χ2v) is 11.5. The van der Waals surface area contributed by atoms with E-state index in [2.05, 4.69) is 12.2 Å². The third kappa shape index (κ3) is 5.90. The van der Waals surface area contributed by atoms with Crippen molar-refractivity contribution in [3.8, 4) is 0 Å². The summed E-state index contributed by atoms with van der Waals surface area (Å²) in [7, 11) is -3.61. The molecule has 0 spiro atoms. The van der Waals surface area contributed by atoms with Gasteiger partial charge in [0.05, 0.1) is 12.8 Å². The van der Waals surface area contributed by atoms with Crippen LogP contribution in [0.4, 0.5) is 0 Å². The van der Waals surface area contributed by atoms with E-state index >= 15 is 0 Å². The van der Waals surface area contributed by atoms with E-state index in [4.69, 9.17) is 0 Å². The van der Waals surface area contributed by atoms with Crippen LogP contribution in [0.3, 0.4) is 0 Å². The third-order valence-electron chi connectivity index (χ3n) is 6.86. The van der Waals surface area contributed by atoms with Gasteiger partial charge in [-0.3, -0.25) is 9.59 Å². The summed E-state index contributed by atoms with van der Waals surface area (Å²) in [4.78, 5) is 28.3. The van der Waals surface area contributed by atoms with Crippen molar-refractivity contribution < 1.29 is 18.0 Å². The van der Waals surface area contributed by atoms with Gasteiger partial charge in [0.25, 0.3) is 0 Å². The van der Waals surface area contributed by atoms with Gasteiger partial charge in [-0.15, -0.1) is 0 Å². The van der Waals surface area contributed by atoms with E-state index in [0.29, 0.717) is 0 Å². The molecule has 8 heteroatoms.